The van der Waals surface area contributed by atoms with Gasteiger partial charge in [0.05, 0.1) is 5.41 Å². The number of carbonyl (C=O) groups excluding carboxylic acids is 1. The van der Waals surface area contributed by atoms with Gasteiger partial charge in [0.2, 0.25) is 5.91 Å². The summed E-state index contributed by atoms with van der Waals surface area (Å²) in [5.74, 6) is 0.411. The molecule has 0 aliphatic carbocycles. The summed E-state index contributed by atoms with van der Waals surface area (Å²) >= 11 is 0. The van der Waals surface area contributed by atoms with Crippen LogP contribution >= 0.6 is 0 Å². The summed E-state index contributed by atoms with van der Waals surface area (Å²) in [7, 11) is 0. The molecule has 3 aliphatic rings. The van der Waals surface area contributed by atoms with Crippen molar-refractivity contribution in [3.63, 3.8) is 0 Å². The van der Waals surface area contributed by atoms with E-state index >= 15 is 0 Å². The van der Waals surface area contributed by atoms with E-state index in [0.717, 1.165) is 84.5 Å². The van der Waals surface area contributed by atoms with Crippen molar-refractivity contribution in [3.05, 3.63) is 6.33 Å². The number of amides is 1. The van der Waals surface area contributed by atoms with Gasteiger partial charge in [0.25, 0.3) is 0 Å². The van der Waals surface area contributed by atoms with Crippen molar-refractivity contribution in [2.45, 2.75) is 51.1 Å². The van der Waals surface area contributed by atoms with Crippen LogP contribution in [0.4, 0.5) is 0 Å². The van der Waals surface area contributed by atoms with E-state index in [1.807, 2.05) is 0 Å². The number of ether oxygens (including phenoxy) is 1. The van der Waals surface area contributed by atoms with Crippen LogP contribution in [0.1, 0.15) is 38.5 Å². The van der Waals surface area contributed by atoms with Crippen molar-refractivity contribution in [3.8, 4) is 0 Å². The Morgan fingerprint density at radius 1 is 1.20 bits per heavy atom. The lowest BCUT2D eigenvalue weighted by Gasteiger charge is -2.44. The Balaban J connectivity index is 1.32. The third-order valence-electron chi connectivity index (χ3n) is 6.09. The summed E-state index contributed by atoms with van der Waals surface area (Å²) in [5, 5.41) is 11.2. The van der Waals surface area contributed by atoms with Crippen molar-refractivity contribution in [1.82, 2.24) is 30.0 Å². The summed E-state index contributed by atoms with van der Waals surface area (Å²) in [6.45, 7) is 6.31. The molecular formula is C17H28N6O2. The summed E-state index contributed by atoms with van der Waals surface area (Å²) in [4.78, 5) is 17.9. The minimum absolute atomic E-state index is 0.134. The van der Waals surface area contributed by atoms with Gasteiger partial charge in [-0.25, -0.2) is 4.68 Å². The van der Waals surface area contributed by atoms with Gasteiger partial charge in [0.1, 0.15) is 6.33 Å². The topological polar surface area (TPSA) is 76.4 Å². The Kier molecular flexibility index (Phi) is 4.98. The Hall–Kier alpha value is -1.54. The van der Waals surface area contributed by atoms with E-state index in [1.165, 1.54) is 0 Å². The highest BCUT2D eigenvalue weighted by Gasteiger charge is 2.49. The van der Waals surface area contributed by atoms with Gasteiger partial charge in [-0.05, 0) is 62.0 Å². The molecule has 0 N–H and O–H groups in total. The van der Waals surface area contributed by atoms with Crippen LogP contribution in [0.15, 0.2) is 6.33 Å². The number of tetrazole rings is 1. The van der Waals surface area contributed by atoms with Gasteiger partial charge in [0, 0.05) is 38.9 Å². The third kappa shape index (κ3) is 3.55. The summed E-state index contributed by atoms with van der Waals surface area (Å²) in [6, 6.07) is 0.396. The molecule has 4 rings (SSSR count). The first kappa shape index (κ1) is 16.9. The fourth-order valence-corrected chi connectivity index (χ4v) is 4.71. The van der Waals surface area contributed by atoms with E-state index in [9.17, 15) is 4.79 Å². The average molecular weight is 348 g/mol. The minimum atomic E-state index is -0.134. The Morgan fingerprint density at radius 3 is 2.88 bits per heavy atom. The highest BCUT2D eigenvalue weighted by molar-refractivity contribution is 5.84. The monoisotopic (exact) mass is 348 g/mol. The van der Waals surface area contributed by atoms with Crippen LogP contribution in [0.3, 0.4) is 0 Å². The normalized spacial score (nSPS) is 29.0. The number of aryl methyl sites for hydroxylation is 1. The lowest BCUT2D eigenvalue weighted by Crippen LogP contribution is -2.54. The first-order chi connectivity index (χ1) is 12.3. The quantitative estimate of drug-likeness (QED) is 0.774. The molecule has 1 amide bonds. The molecule has 0 radical (unpaired) electrons. The molecule has 0 aromatic carbocycles. The Bertz CT molecular complexity index is 574. The van der Waals surface area contributed by atoms with Crippen molar-refractivity contribution in [2.75, 3.05) is 39.4 Å². The number of hydrogen-bond acceptors (Lipinski definition) is 6. The summed E-state index contributed by atoms with van der Waals surface area (Å²) < 4.78 is 7.24. The molecule has 1 atom stereocenters. The predicted molar refractivity (Wildman–Crippen MR) is 90.7 cm³/mol. The third-order valence-corrected chi connectivity index (χ3v) is 6.09. The van der Waals surface area contributed by atoms with Gasteiger partial charge < -0.3 is 14.5 Å². The molecule has 1 aromatic rings. The zero-order valence-electron chi connectivity index (χ0n) is 14.8. The van der Waals surface area contributed by atoms with E-state index in [0.29, 0.717) is 11.9 Å². The zero-order valence-corrected chi connectivity index (χ0v) is 14.8. The average Bonchev–Trinajstić information content (AvgIpc) is 3.29. The van der Waals surface area contributed by atoms with Gasteiger partial charge in [-0.15, -0.1) is 5.10 Å². The maximum Gasteiger partial charge on any atom is 0.230 e. The largest absolute Gasteiger partial charge is 0.381 e. The van der Waals surface area contributed by atoms with Gasteiger partial charge in [0.15, 0.2) is 0 Å². The van der Waals surface area contributed by atoms with Gasteiger partial charge in [-0.1, -0.05) is 0 Å². The smallest absolute Gasteiger partial charge is 0.230 e. The Morgan fingerprint density at radius 2 is 2.08 bits per heavy atom. The highest BCUT2D eigenvalue weighted by atomic mass is 16.5. The predicted octanol–water partition coefficient (Wildman–Crippen LogP) is 0.557. The van der Waals surface area contributed by atoms with Crippen LogP contribution in [0.25, 0.3) is 0 Å². The molecular weight excluding hydrogens is 320 g/mol. The fraction of sp³-hybridized carbons (Fsp3) is 0.882. The SMILES string of the molecule is O=C1N(C2CCOCC2)CCC[C@@]12CCN(CCCn1cnnn1)C2. The Labute approximate surface area is 148 Å². The number of carbonyl (C=O) groups is 1. The number of likely N-dealkylation sites (tertiary alicyclic amines) is 2. The van der Waals surface area contributed by atoms with E-state index in [-0.39, 0.29) is 5.41 Å². The number of hydrogen-bond donors (Lipinski definition) is 0. The summed E-state index contributed by atoms with van der Waals surface area (Å²) in [6.07, 6.45) is 7.86. The van der Waals surface area contributed by atoms with Crippen molar-refractivity contribution in [2.24, 2.45) is 5.41 Å². The van der Waals surface area contributed by atoms with Crippen LogP contribution in [0, 0.1) is 5.41 Å². The van der Waals surface area contributed by atoms with Gasteiger partial charge in [-0.2, -0.15) is 0 Å². The second kappa shape index (κ2) is 7.37. The van der Waals surface area contributed by atoms with Crippen molar-refractivity contribution in [1.29, 1.82) is 0 Å². The fourth-order valence-electron chi connectivity index (χ4n) is 4.71. The van der Waals surface area contributed by atoms with E-state index in [1.54, 1.807) is 11.0 Å². The molecule has 3 saturated heterocycles. The first-order valence-corrected chi connectivity index (χ1v) is 9.59. The van der Waals surface area contributed by atoms with E-state index in [2.05, 4.69) is 25.3 Å². The number of rotatable bonds is 5. The van der Waals surface area contributed by atoms with Crippen LogP contribution < -0.4 is 0 Å². The lowest BCUT2D eigenvalue weighted by molar-refractivity contribution is -0.150. The summed E-state index contributed by atoms with van der Waals surface area (Å²) in [5.41, 5.74) is -0.134. The second-order valence-corrected chi connectivity index (χ2v) is 7.68. The van der Waals surface area contributed by atoms with Gasteiger partial charge in [-0.3, -0.25) is 4.79 Å². The van der Waals surface area contributed by atoms with Crippen LogP contribution in [0.5, 0.6) is 0 Å². The van der Waals surface area contributed by atoms with Crippen LogP contribution in [0.2, 0.25) is 0 Å². The molecule has 0 unspecified atom stereocenters. The molecule has 0 saturated carbocycles. The highest BCUT2D eigenvalue weighted by Crippen LogP contribution is 2.41. The molecule has 3 fully saturated rings. The van der Waals surface area contributed by atoms with Crippen LogP contribution in [-0.2, 0) is 16.1 Å². The molecule has 0 bridgehead atoms. The standard InChI is InChI=1S/C17H28N6O2/c24-16-17(5-1-9-23(16)15-3-11-25-12-4-15)6-10-21(13-17)7-2-8-22-14-18-19-20-22/h14-15H,1-13H2/t17-/m0/s1. The minimum Gasteiger partial charge on any atom is -0.381 e. The van der Waals surface area contributed by atoms with E-state index in [4.69, 9.17) is 4.74 Å². The molecule has 1 aromatic heterocycles. The maximum absolute atomic E-state index is 13.3. The molecule has 4 heterocycles. The molecule has 25 heavy (non-hydrogen) atoms. The van der Waals surface area contributed by atoms with Gasteiger partial charge >= 0.3 is 0 Å². The zero-order chi connectivity index (χ0) is 17.1. The molecule has 3 aliphatic heterocycles. The van der Waals surface area contributed by atoms with E-state index < -0.39 is 0 Å². The van der Waals surface area contributed by atoms with Crippen molar-refractivity contribution >= 4 is 5.91 Å². The number of nitrogens with zero attached hydrogens (tertiary/aromatic N) is 6. The number of piperidine rings is 1. The maximum atomic E-state index is 13.3. The van der Waals surface area contributed by atoms with Crippen LogP contribution in [-0.4, -0.2) is 81.3 Å². The lowest BCUT2D eigenvalue weighted by atomic mass is 9.77. The second-order valence-electron chi connectivity index (χ2n) is 7.68. The van der Waals surface area contributed by atoms with Crippen molar-refractivity contribution < 1.29 is 9.53 Å². The molecule has 1 spiro atoms. The molecule has 8 nitrogen and oxygen atoms in total. The molecule has 8 heteroatoms. The molecule has 138 valence electrons. The number of aromatic nitrogens is 4. The first-order valence-electron chi connectivity index (χ1n) is 9.59.